The van der Waals surface area contributed by atoms with Crippen molar-refractivity contribution in [2.24, 2.45) is 7.05 Å². The monoisotopic (exact) mass is 291 g/mol. The van der Waals surface area contributed by atoms with Gasteiger partial charge in [-0.1, -0.05) is 19.3 Å². The predicted molar refractivity (Wildman–Crippen MR) is 81.3 cm³/mol. The summed E-state index contributed by atoms with van der Waals surface area (Å²) in [6.07, 6.45) is 5.55. The number of aromatic nitrogens is 2. The second kappa shape index (κ2) is 6.41. The van der Waals surface area contributed by atoms with Crippen LogP contribution in [0.25, 0.3) is 0 Å². The maximum atomic E-state index is 12.6. The Bertz CT molecular complexity index is 542. The fourth-order valence-corrected chi connectivity index (χ4v) is 3.30. The number of amides is 1. The molecule has 0 spiro atoms. The Hall–Kier alpha value is -1.65. The summed E-state index contributed by atoms with van der Waals surface area (Å²) in [6.45, 7) is 6.15. The molecule has 1 amide bonds. The molecule has 1 saturated carbocycles. The average Bonchev–Trinajstić information content (AvgIpc) is 2.73. The lowest BCUT2D eigenvalue weighted by atomic mass is 9.93. The second-order valence-corrected chi connectivity index (χ2v) is 5.88. The number of hydrogen-bond acceptors (Lipinski definition) is 3. The highest BCUT2D eigenvalue weighted by Gasteiger charge is 2.31. The van der Waals surface area contributed by atoms with Gasteiger partial charge < -0.3 is 4.90 Å². The van der Waals surface area contributed by atoms with Crippen LogP contribution in [0.5, 0.6) is 0 Å². The van der Waals surface area contributed by atoms with Crippen LogP contribution in [-0.2, 0) is 11.8 Å². The Kier molecular flexibility index (Phi) is 4.80. The number of nitrogens with zero attached hydrogens (tertiary/aromatic N) is 3. The molecule has 0 radical (unpaired) electrons. The number of rotatable bonds is 4. The molecule has 0 saturated heterocycles. The smallest absolute Gasteiger partial charge is 0.295 e. The Labute approximate surface area is 126 Å². The molecule has 1 aromatic rings. The first-order valence-electron chi connectivity index (χ1n) is 7.82. The van der Waals surface area contributed by atoms with E-state index < -0.39 is 5.78 Å². The third kappa shape index (κ3) is 3.01. The normalized spacial score (nSPS) is 16.0. The van der Waals surface area contributed by atoms with E-state index in [0.29, 0.717) is 17.8 Å². The molecule has 1 aliphatic rings. The molecular formula is C16H25N3O2. The molecule has 1 aliphatic carbocycles. The lowest BCUT2D eigenvalue weighted by molar-refractivity contribution is -0.129. The van der Waals surface area contributed by atoms with Crippen LogP contribution in [0, 0.1) is 13.8 Å². The molecule has 0 aliphatic heterocycles. The SMILES string of the molecule is CCN(C(=O)C(=O)c1c(C)nn(C)c1C)C1CCCCC1. The van der Waals surface area contributed by atoms with Gasteiger partial charge in [-0.2, -0.15) is 5.10 Å². The number of ketones is 1. The van der Waals surface area contributed by atoms with E-state index in [1.807, 2.05) is 13.8 Å². The minimum absolute atomic E-state index is 0.220. The number of likely N-dealkylation sites (N-methyl/N-ethyl adjacent to an activating group) is 1. The zero-order valence-electron chi connectivity index (χ0n) is 13.5. The minimum atomic E-state index is -0.412. The first kappa shape index (κ1) is 15.7. The molecule has 0 bridgehead atoms. The molecule has 0 atom stereocenters. The van der Waals surface area contributed by atoms with Crippen molar-refractivity contribution >= 4 is 11.7 Å². The van der Waals surface area contributed by atoms with Gasteiger partial charge in [-0.05, 0) is 33.6 Å². The van der Waals surface area contributed by atoms with Crippen molar-refractivity contribution in [1.82, 2.24) is 14.7 Å². The fraction of sp³-hybridized carbons (Fsp3) is 0.688. The van der Waals surface area contributed by atoms with Crippen molar-refractivity contribution in [2.45, 2.75) is 58.9 Å². The second-order valence-electron chi connectivity index (χ2n) is 5.88. The molecule has 5 nitrogen and oxygen atoms in total. The zero-order chi connectivity index (χ0) is 15.6. The topological polar surface area (TPSA) is 55.2 Å². The van der Waals surface area contributed by atoms with Crippen molar-refractivity contribution in [2.75, 3.05) is 6.54 Å². The summed E-state index contributed by atoms with van der Waals surface area (Å²) in [5.41, 5.74) is 1.86. The molecule has 1 fully saturated rings. The highest BCUT2D eigenvalue weighted by atomic mass is 16.2. The van der Waals surface area contributed by atoms with E-state index >= 15 is 0 Å². The lowest BCUT2D eigenvalue weighted by Crippen LogP contribution is -2.44. The van der Waals surface area contributed by atoms with Gasteiger partial charge in [0.2, 0.25) is 0 Å². The first-order valence-corrected chi connectivity index (χ1v) is 7.82. The van der Waals surface area contributed by atoms with E-state index in [2.05, 4.69) is 5.10 Å². The maximum absolute atomic E-state index is 12.6. The number of carbonyl (C=O) groups is 2. The number of aryl methyl sites for hydroxylation is 2. The van der Waals surface area contributed by atoms with E-state index in [9.17, 15) is 9.59 Å². The average molecular weight is 291 g/mol. The van der Waals surface area contributed by atoms with Crippen molar-refractivity contribution in [3.05, 3.63) is 17.0 Å². The Balaban J connectivity index is 2.22. The van der Waals surface area contributed by atoms with Crippen molar-refractivity contribution in [3.63, 3.8) is 0 Å². The molecule has 5 heteroatoms. The summed E-state index contributed by atoms with van der Waals surface area (Å²) in [5, 5.41) is 4.24. The molecule has 1 aromatic heterocycles. The predicted octanol–water partition coefficient (Wildman–Crippen LogP) is 2.40. The van der Waals surface area contributed by atoms with E-state index in [-0.39, 0.29) is 11.9 Å². The Morgan fingerprint density at radius 3 is 2.33 bits per heavy atom. The van der Waals surface area contributed by atoms with E-state index in [0.717, 1.165) is 31.4 Å². The molecule has 0 N–H and O–H groups in total. The standard InChI is InChI=1S/C16H25N3O2/c1-5-19(13-9-7-6-8-10-13)16(21)15(20)14-11(2)17-18(4)12(14)3/h13H,5-10H2,1-4H3. The van der Waals surface area contributed by atoms with Crippen LogP contribution in [-0.4, -0.2) is 39.0 Å². The quantitative estimate of drug-likeness (QED) is 0.632. The molecule has 116 valence electrons. The zero-order valence-corrected chi connectivity index (χ0v) is 13.5. The first-order chi connectivity index (χ1) is 9.97. The summed E-state index contributed by atoms with van der Waals surface area (Å²) >= 11 is 0. The van der Waals surface area contributed by atoms with Gasteiger partial charge in [-0.25, -0.2) is 0 Å². The molecule has 2 rings (SSSR count). The minimum Gasteiger partial charge on any atom is -0.333 e. The summed E-state index contributed by atoms with van der Waals surface area (Å²) < 4.78 is 1.66. The summed E-state index contributed by atoms with van der Waals surface area (Å²) in [6, 6.07) is 0.220. The van der Waals surface area contributed by atoms with E-state index in [1.54, 1.807) is 23.6 Å². The van der Waals surface area contributed by atoms with Gasteiger partial charge in [0.25, 0.3) is 11.7 Å². The van der Waals surface area contributed by atoms with Crippen LogP contribution in [0.2, 0.25) is 0 Å². The molecule has 21 heavy (non-hydrogen) atoms. The number of carbonyl (C=O) groups excluding carboxylic acids is 2. The van der Waals surface area contributed by atoms with Crippen LogP contribution in [0.1, 0.15) is 60.8 Å². The van der Waals surface area contributed by atoms with Crippen molar-refractivity contribution < 1.29 is 9.59 Å². The number of hydrogen-bond donors (Lipinski definition) is 0. The molecule has 0 unspecified atom stereocenters. The van der Waals surface area contributed by atoms with Gasteiger partial charge in [0.15, 0.2) is 0 Å². The highest BCUT2D eigenvalue weighted by molar-refractivity contribution is 6.43. The van der Waals surface area contributed by atoms with Gasteiger partial charge in [0.05, 0.1) is 11.3 Å². The largest absolute Gasteiger partial charge is 0.333 e. The van der Waals surface area contributed by atoms with E-state index in [4.69, 9.17) is 0 Å². The Morgan fingerprint density at radius 1 is 1.24 bits per heavy atom. The van der Waals surface area contributed by atoms with E-state index in [1.165, 1.54) is 6.42 Å². The Morgan fingerprint density at radius 2 is 1.86 bits per heavy atom. The third-order valence-corrected chi connectivity index (χ3v) is 4.55. The van der Waals surface area contributed by atoms with Gasteiger partial charge in [0.1, 0.15) is 0 Å². The maximum Gasteiger partial charge on any atom is 0.295 e. The highest BCUT2D eigenvalue weighted by Crippen LogP contribution is 2.24. The van der Waals surface area contributed by atoms with Crippen LogP contribution in [0.4, 0.5) is 0 Å². The summed E-state index contributed by atoms with van der Waals surface area (Å²) in [4.78, 5) is 27.0. The van der Waals surface area contributed by atoms with Gasteiger partial charge in [-0.3, -0.25) is 14.3 Å². The third-order valence-electron chi connectivity index (χ3n) is 4.55. The van der Waals surface area contributed by atoms with Crippen molar-refractivity contribution in [1.29, 1.82) is 0 Å². The van der Waals surface area contributed by atoms with Crippen LogP contribution in [0.15, 0.2) is 0 Å². The van der Waals surface area contributed by atoms with Crippen molar-refractivity contribution in [3.8, 4) is 0 Å². The van der Waals surface area contributed by atoms with Crippen LogP contribution < -0.4 is 0 Å². The van der Waals surface area contributed by atoms with Gasteiger partial charge >= 0.3 is 0 Å². The lowest BCUT2D eigenvalue weighted by Gasteiger charge is -2.33. The van der Waals surface area contributed by atoms with Gasteiger partial charge in [-0.15, -0.1) is 0 Å². The molecule has 1 heterocycles. The summed E-state index contributed by atoms with van der Waals surface area (Å²) in [7, 11) is 1.79. The van der Waals surface area contributed by atoms with Crippen LogP contribution >= 0.6 is 0 Å². The van der Waals surface area contributed by atoms with Gasteiger partial charge in [0, 0.05) is 25.3 Å². The molecule has 0 aromatic carbocycles. The summed E-state index contributed by atoms with van der Waals surface area (Å²) in [5.74, 6) is -0.783. The molecular weight excluding hydrogens is 266 g/mol. The van der Waals surface area contributed by atoms with Crippen LogP contribution in [0.3, 0.4) is 0 Å². The number of Topliss-reactive ketones (excluding diaryl/α,β-unsaturated/α-hetero) is 1. The fourth-order valence-electron chi connectivity index (χ4n) is 3.30.